The van der Waals surface area contributed by atoms with Crippen LogP contribution in [0.3, 0.4) is 0 Å². The smallest absolute Gasteiger partial charge is 0.343 e. The van der Waals surface area contributed by atoms with Gasteiger partial charge in [0.25, 0.3) is 0 Å². The molecule has 1 rings (SSSR count). The van der Waals surface area contributed by atoms with Gasteiger partial charge in [-0.3, -0.25) is 5.10 Å². The average molecular weight is 199 g/mol. The van der Waals surface area contributed by atoms with Crippen molar-refractivity contribution in [3.8, 4) is 0 Å². The predicted molar refractivity (Wildman–Crippen MR) is 47.7 cm³/mol. The van der Waals surface area contributed by atoms with Crippen LogP contribution in [0, 0.1) is 6.92 Å². The highest BCUT2D eigenvalue weighted by molar-refractivity contribution is 5.77. The summed E-state index contributed by atoms with van der Waals surface area (Å²) in [6.45, 7) is 5.14. The lowest BCUT2D eigenvalue weighted by atomic mass is 10.1. The second-order valence-corrected chi connectivity index (χ2v) is 3.02. The number of carbonyl (C=O) groups is 1. The third-order valence-electron chi connectivity index (χ3n) is 1.87. The highest BCUT2D eigenvalue weighted by Gasteiger charge is 2.40. The van der Waals surface area contributed by atoms with Gasteiger partial charge in [-0.15, -0.1) is 0 Å². The molecule has 1 aromatic heterocycles. The quantitative estimate of drug-likeness (QED) is 0.735. The van der Waals surface area contributed by atoms with Gasteiger partial charge in [0, 0.05) is 6.61 Å². The first-order chi connectivity index (χ1) is 6.50. The summed E-state index contributed by atoms with van der Waals surface area (Å²) in [5.41, 5.74) is -1.47. The van der Waals surface area contributed by atoms with Gasteiger partial charge in [-0.1, -0.05) is 0 Å². The summed E-state index contributed by atoms with van der Waals surface area (Å²) in [4.78, 5) is 15.0. The Morgan fingerprint density at radius 3 is 2.71 bits per heavy atom. The second kappa shape index (κ2) is 3.75. The molecule has 1 heterocycles. The molecule has 1 atom stereocenters. The van der Waals surface area contributed by atoms with E-state index in [1.54, 1.807) is 13.8 Å². The number of ether oxygens (including phenoxy) is 1. The highest BCUT2D eigenvalue weighted by atomic mass is 16.5. The van der Waals surface area contributed by atoms with Crippen molar-refractivity contribution < 1.29 is 14.6 Å². The number of carboxylic acid groups (broad SMARTS) is 1. The van der Waals surface area contributed by atoms with Crippen LogP contribution in [0.4, 0.5) is 0 Å². The standard InChI is InChI=1S/C8H13N3O3/c1-4-14-8(3,7(12)13)6-9-5(2)10-11-6/h4H2,1-3H3,(H,12,13)(H,9,10,11). The van der Waals surface area contributed by atoms with Crippen LogP contribution in [0.5, 0.6) is 0 Å². The van der Waals surface area contributed by atoms with Crippen molar-refractivity contribution in [3.05, 3.63) is 11.6 Å². The largest absolute Gasteiger partial charge is 0.479 e. The summed E-state index contributed by atoms with van der Waals surface area (Å²) in [5, 5.41) is 15.4. The van der Waals surface area contributed by atoms with Crippen molar-refractivity contribution in [1.82, 2.24) is 15.2 Å². The van der Waals surface area contributed by atoms with E-state index in [4.69, 9.17) is 9.84 Å². The van der Waals surface area contributed by atoms with Gasteiger partial charge >= 0.3 is 5.97 Å². The van der Waals surface area contributed by atoms with Gasteiger partial charge in [0.05, 0.1) is 0 Å². The van der Waals surface area contributed by atoms with Crippen LogP contribution in [0.15, 0.2) is 0 Å². The minimum absolute atomic E-state index is 0.143. The molecule has 6 heteroatoms. The van der Waals surface area contributed by atoms with E-state index in [9.17, 15) is 4.79 Å². The maximum Gasteiger partial charge on any atom is 0.343 e. The molecule has 0 bridgehead atoms. The van der Waals surface area contributed by atoms with E-state index in [2.05, 4.69) is 15.2 Å². The third kappa shape index (κ3) is 1.74. The molecule has 0 radical (unpaired) electrons. The zero-order valence-corrected chi connectivity index (χ0v) is 8.37. The molecule has 0 amide bonds. The van der Waals surface area contributed by atoms with Crippen LogP contribution < -0.4 is 0 Å². The molecule has 2 N–H and O–H groups in total. The number of aryl methyl sites for hydroxylation is 1. The lowest BCUT2D eigenvalue weighted by molar-refractivity contribution is -0.165. The fourth-order valence-corrected chi connectivity index (χ4v) is 1.07. The topological polar surface area (TPSA) is 88.1 Å². The Labute approximate surface area is 81.3 Å². The van der Waals surface area contributed by atoms with Crippen molar-refractivity contribution in [2.75, 3.05) is 6.61 Å². The molecule has 1 aromatic rings. The molecule has 0 aliphatic carbocycles. The summed E-state index contributed by atoms with van der Waals surface area (Å²) in [7, 11) is 0. The van der Waals surface area contributed by atoms with E-state index in [1.165, 1.54) is 6.92 Å². The number of aliphatic carboxylic acids is 1. The van der Waals surface area contributed by atoms with Crippen LogP contribution >= 0.6 is 0 Å². The molecular formula is C8H13N3O3. The number of hydrogen-bond donors (Lipinski definition) is 2. The number of carboxylic acids is 1. The first-order valence-electron chi connectivity index (χ1n) is 4.27. The highest BCUT2D eigenvalue weighted by Crippen LogP contribution is 2.21. The maximum absolute atomic E-state index is 11.0. The normalized spacial score (nSPS) is 15.1. The van der Waals surface area contributed by atoms with Gasteiger partial charge in [-0.05, 0) is 20.8 Å². The first-order valence-corrected chi connectivity index (χ1v) is 4.27. The van der Waals surface area contributed by atoms with Gasteiger partial charge < -0.3 is 9.84 Å². The fraction of sp³-hybridized carbons (Fsp3) is 0.625. The summed E-state index contributed by atoms with van der Waals surface area (Å²) < 4.78 is 5.15. The Balaban J connectivity index is 3.05. The number of aromatic nitrogens is 3. The van der Waals surface area contributed by atoms with E-state index in [0.717, 1.165) is 0 Å². The average Bonchev–Trinajstić information content (AvgIpc) is 2.52. The lowest BCUT2D eigenvalue weighted by Gasteiger charge is -2.20. The van der Waals surface area contributed by atoms with Crippen LogP contribution in [-0.4, -0.2) is 32.9 Å². The predicted octanol–water partition coefficient (Wildman–Crippen LogP) is 0.449. The number of nitrogens with one attached hydrogen (secondary N) is 1. The molecule has 0 aliphatic rings. The molecule has 0 aliphatic heterocycles. The summed E-state index contributed by atoms with van der Waals surface area (Å²) in [6, 6.07) is 0. The van der Waals surface area contributed by atoms with Crippen LogP contribution in [-0.2, 0) is 15.1 Å². The van der Waals surface area contributed by atoms with Gasteiger partial charge in [0.15, 0.2) is 5.82 Å². The van der Waals surface area contributed by atoms with Crippen molar-refractivity contribution in [1.29, 1.82) is 0 Å². The number of H-pyrrole nitrogens is 1. The van der Waals surface area contributed by atoms with E-state index in [1.807, 2.05) is 0 Å². The Morgan fingerprint density at radius 2 is 2.36 bits per heavy atom. The van der Waals surface area contributed by atoms with Gasteiger partial charge in [-0.25, -0.2) is 9.78 Å². The molecule has 14 heavy (non-hydrogen) atoms. The van der Waals surface area contributed by atoms with Gasteiger partial charge in [-0.2, -0.15) is 5.10 Å². The monoisotopic (exact) mass is 199 g/mol. The van der Waals surface area contributed by atoms with Crippen molar-refractivity contribution in [2.24, 2.45) is 0 Å². The van der Waals surface area contributed by atoms with Crippen molar-refractivity contribution in [2.45, 2.75) is 26.4 Å². The molecule has 0 saturated carbocycles. The molecule has 0 fully saturated rings. The van der Waals surface area contributed by atoms with Crippen molar-refractivity contribution in [3.63, 3.8) is 0 Å². The van der Waals surface area contributed by atoms with E-state index in [-0.39, 0.29) is 12.4 Å². The van der Waals surface area contributed by atoms with E-state index >= 15 is 0 Å². The molecule has 1 unspecified atom stereocenters. The summed E-state index contributed by atoms with van der Waals surface area (Å²) in [5.74, 6) is -0.394. The van der Waals surface area contributed by atoms with E-state index in [0.29, 0.717) is 5.82 Å². The van der Waals surface area contributed by atoms with Crippen LogP contribution in [0.2, 0.25) is 0 Å². The van der Waals surface area contributed by atoms with Gasteiger partial charge in [0.2, 0.25) is 5.60 Å². The SMILES string of the molecule is CCOC(C)(C(=O)O)c1n[nH]c(C)n1. The molecule has 0 saturated heterocycles. The van der Waals surface area contributed by atoms with Crippen LogP contribution in [0.25, 0.3) is 0 Å². The third-order valence-corrected chi connectivity index (χ3v) is 1.87. The minimum Gasteiger partial charge on any atom is -0.479 e. The lowest BCUT2D eigenvalue weighted by Crippen LogP contribution is -2.36. The molecule has 6 nitrogen and oxygen atoms in total. The zero-order chi connectivity index (χ0) is 10.8. The Bertz CT molecular complexity index is 336. The zero-order valence-electron chi connectivity index (χ0n) is 8.37. The molecule has 78 valence electrons. The number of nitrogens with zero attached hydrogens (tertiary/aromatic N) is 2. The molecule has 0 spiro atoms. The minimum atomic E-state index is -1.47. The Morgan fingerprint density at radius 1 is 1.71 bits per heavy atom. The molecule has 0 aromatic carbocycles. The number of rotatable bonds is 4. The second-order valence-electron chi connectivity index (χ2n) is 3.02. The van der Waals surface area contributed by atoms with Gasteiger partial charge in [0.1, 0.15) is 5.82 Å². The van der Waals surface area contributed by atoms with Crippen molar-refractivity contribution >= 4 is 5.97 Å². The maximum atomic E-state index is 11.0. The van der Waals surface area contributed by atoms with E-state index < -0.39 is 11.6 Å². The Hall–Kier alpha value is -1.43. The molecular weight excluding hydrogens is 186 g/mol. The van der Waals surface area contributed by atoms with Crippen LogP contribution in [0.1, 0.15) is 25.5 Å². The summed E-state index contributed by atoms with van der Waals surface area (Å²) in [6.07, 6.45) is 0. The number of aromatic amines is 1. The fourth-order valence-electron chi connectivity index (χ4n) is 1.07. The first kappa shape index (κ1) is 10.6. The Kier molecular flexibility index (Phi) is 2.85. The summed E-state index contributed by atoms with van der Waals surface area (Å²) >= 11 is 0. The number of hydrogen-bond acceptors (Lipinski definition) is 4.